The number of thiazole rings is 1. The number of hydrogen-bond donors (Lipinski definition) is 0. The summed E-state index contributed by atoms with van der Waals surface area (Å²) in [5.41, 5.74) is 14.3. The minimum atomic E-state index is 0.867. The first-order valence-corrected chi connectivity index (χ1v) is 20.6. The highest BCUT2D eigenvalue weighted by Crippen LogP contribution is 2.45. The number of para-hydroxylation sites is 3. The lowest BCUT2D eigenvalue weighted by Gasteiger charge is -2.10. The van der Waals surface area contributed by atoms with E-state index in [1.54, 1.807) is 11.3 Å². The van der Waals surface area contributed by atoms with Crippen LogP contribution in [0.15, 0.2) is 174 Å². The molecule has 274 valence electrons. The van der Waals surface area contributed by atoms with E-state index in [-0.39, 0.29) is 0 Å². The number of aromatic nitrogens is 3. The fraction of sp³-hybridized carbons (Fsp3) is 0.0377. The van der Waals surface area contributed by atoms with Crippen LogP contribution in [0.5, 0.6) is 0 Å². The summed E-state index contributed by atoms with van der Waals surface area (Å²) in [7, 11) is 0. The number of allylic oxidation sites excluding steroid dienone is 1. The summed E-state index contributed by atoms with van der Waals surface area (Å²) in [5.74, 6) is 0. The van der Waals surface area contributed by atoms with Gasteiger partial charge in [0.2, 0.25) is 0 Å². The molecule has 12 rings (SSSR count). The van der Waals surface area contributed by atoms with Crippen LogP contribution in [0.1, 0.15) is 18.2 Å². The monoisotopic (exact) mass is 761 g/mol. The Morgan fingerprint density at radius 1 is 0.569 bits per heavy atom. The van der Waals surface area contributed by atoms with E-state index in [0.717, 1.165) is 65.3 Å². The smallest absolute Gasteiger partial charge is 0.195 e. The molecule has 0 fully saturated rings. The van der Waals surface area contributed by atoms with Gasteiger partial charge in [-0.1, -0.05) is 133 Å². The number of nitrogens with zero attached hydrogens (tertiary/aromatic N) is 3. The number of furan rings is 1. The summed E-state index contributed by atoms with van der Waals surface area (Å²) in [6.45, 7) is 4.35. The second-order valence-corrected chi connectivity index (χ2v) is 16.1. The van der Waals surface area contributed by atoms with Crippen molar-refractivity contribution in [1.29, 1.82) is 0 Å². The summed E-state index contributed by atoms with van der Waals surface area (Å²) in [5, 5.41) is 9.22. The Hall–Kier alpha value is -7.21. The lowest BCUT2D eigenvalue weighted by atomic mass is 9.97. The molecule has 4 aromatic heterocycles. The minimum absolute atomic E-state index is 0.867. The molecule has 0 unspecified atom stereocenters. The zero-order chi connectivity index (χ0) is 38.5. The summed E-state index contributed by atoms with van der Waals surface area (Å²) in [6.07, 6.45) is 4.36. The Morgan fingerprint density at radius 3 is 2.17 bits per heavy atom. The van der Waals surface area contributed by atoms with E-state index in [1.807, 2.05) is 6.07 Å². The minimum Gasteiger partial charge on any atom is -0.455 e. The molecule has 58 heavy (non-hydrogen) atoms. The van der Waals surface area contributed by atoms with E-state index < -0.39 is 0 Å². The molecule has 4 heterocycles. The summed E-state index contributed by atoms with van der Waals surface area (Å²) >= 11 is 1.74. The lowest BCUT2D eigenvalue weighted by molar-refractivity contribution is 0.670. The molecular weight excluding hydrogens is 727 g/mol. The molecule has 4 nitrogen and oxygen atoms in total. The van der Waals surface area contributed by atoms with Crippen molar-refractivity contribution in [2.24, 2.45) is 0 Å². The van der Waals surface area contributed by atoms with Crippen molar-refractivity contribution in [2.45, 2.75) is 13.8 Å². The van der Waals surface area contributed by atoms with Crippen LogP contribution in [0, 0.1) is 6.92 Å². The van der Waals surface area contributed by atoms with Crippen LogP contribution in [-0.2, 0) is 0 Å². The topological polar surface area (TPSA) is 35.9 Å². The second kappa shape index (κ2) is 12.7. The molecule has 0 N–H and O–H groups in total. The fourth-order valence-corrected chi connectivity index (χ4v) is 10.3. The molecule has 0 amide bonds. The van der Waals surface area contributed by atoms with Crippen molar-refractivity contribution in [3.8, 4) is 33.1 Å². The van der Waals surface area contributed by atoms with Crippen LogP contribution in [0.25, 0.3) is 115 Å². The van der Waals surface area contributed by atoms with Crippen molar-refractivity contribution in [3.63, 3.8) is 0 Å². The first kappa shape index (κ1) is 33.0. The Kier molecular flexibility index (Phi) is 7.19. The van der Waals surface area contributed by atoms with Gasteiger partial charge in [0, 0.05) is 32.8 Å². The molecule has 0 aliphatic carbocycles. The molecule has 0 aliphatic rings. The molecule has 5 heteroatoms. The molecule has 0 spiro atoms. The SMILES string of the molecule is C/C=C\c1c(C)c2c(-c3ccc4c5ccccc5n(-c5ccccc5)c4c3)cccc2n1-c1nc2c(cc(-c3ccc4ccccc4c3)c3oc4ccccc4c32)s1. The number of hydrogen-bond acceptors (Lipinski definition) is 3. The third-order valence-electron chi connectivity index (χ3n) is 11.9. The quantitative estimate of drug-likeness (QED) is 0.175. The predicted molar refractivity (Wildman–Crippen MR) is 246 cm³/mol. The number of benzene rings is 8. The van der Waals surface area contributed by atoms with Gasteiger partial charge in [0.05, 0.1) is 37.8 Å². The number of rotatable bonds is 5. The van der Waals surface area contributed by atoms with Crippen molar-refractivity contribution in [3.05, 3.63) is 181 Å². The van der Waals surface area contributed by atoms with E-state index in [0.29, 0.717) is 0 Å². The molecule has 12 aromatic rings. The normalized spacial score (nSPS) is 12.2. The summed E-state index contributed by atoms with van der Waals surface area (Å²) in [6, 6.07) is 58.9. The van der Waals surface area contributed by atoms with Gasteiger partial charge in [0.1, 0.15) is 11.2 Å². The first-order valence-electron chi connectivity index (χ1n) is 19.7. The molecule has 0 aliphatic heterocycles. The van der Waals surface area contributed by atoms with Crippen molar-refractivity contribution < 1.29 is 4.42 Å². The Balaban J connectivity index is 1.10. The van der Waals surface area contributed by atoms with E-state index in [9.17, 15) is 0 Å². The first-order chi connectivity index (χ1) is 28.6. The van der Waals surface area contributed by atoms with E-state index >= 15 is 0 Å². The van der Waals surface area contributed by atoms with Gasteiger partial charge in [-0.2, -0.15) is 0 Å². The van der Waals surface area contributed by atoms with Gasteiger partial charge in [-0.15, -0.1) is 0 Å². The van der Waals surface area contributed by atoms with Crippen LogP contribution < -0.4 is 0 Å². The maximum absolute atomic E-state index is 6.71. The van der Waals surface area contributed by atoms with Crippen LogP contribution in [0.2, 0.25) is 0 Å². The maximum atomic E-state index is 6.71. The van der Waals surface area contributed by atoms with Crippen molar-refractivity contribution in [2.75, 3.05) is 0 Å². The number of aryl methyl sites for hydroxylation is 1. The highest BCUT2D eigenvalue weighted by Gasteiger charge is 2.24. The van der Waals surface area contributed by atoms with Crippen LogP contribution in [0.4, 0.5) is 0 Å². The van der Waals surface area contributed by atoms with Crippen LogP contribution in [-0.4, -0.2) is 14.1 Å². The summed E-state index contributed by atoms with van der Waals surface area (Å²) in [4.78, 5) is 5.52. The van der Waals surface area contributed by atoms with E-state index in [2.05, 4.69) is 193 Å². The van der Waals surface area contributed by atoms with E-state index in [4.69, 9.17) is 9.40 Å². The zero-order valence-corrected chi connectivity index (χ0v) is 32.7. The molecule has 0 saturated carbocycles. The lowest BCUT2D eigenvalue weighted by Crippen LogP contribution is -1.96. The van der Waals surface area contributed by atoms with Crippen LogP contribution >= 0.6 is 11.3 Å². The van der Waals surface area contributed by atoms with Gasteiger partial charge >= 0.3 is 0 Å². The van der Waals surface area contributed by atoms with Gasteiger partial charge in [-0.3, -0.25) is 4.57 Å². The highest BCUT2D eigenvalue weighted by atomic mass is 32.1. The van der Waals surface area contributed by atoms with Gasteiger partial charge in [0.25, 0.3) is 0 Å². The Labute approximate surface area is 338 Å². The fourth-order valence-electron chi connectivity index (χ4n) is 9.27. The number of fused-ring (bicyclic) bond motifs is 10. The zero-order valence-electron chi connectivity index (χ0n) is 31.9. The van der Waals surface area contributed by atoms with Crippen molar-refractivity contribution >= 4 is 93.0 Å². The van der Waals surface area contributed by atoms with E-state index in [1.165, 1.54) is 54.7 Å². The maximum Gasteiger partial charge on any atom is 0.195 e. The molecular formula is C53H35N3OS. The van der Waals surface area contributed by atoms with Gasteiger partial charge in [0.15, 0.2) is 5.13 Å². The average Bonchev–Trinajstić information content (AvgIpc) is 4.03. The largest absolute Gasteiger partial charge is 0.455 e. The molecule has 0 saturated heterocycles. The van der Waals surface area contributed by atoms with Gasteiger partial charge < -0.3 is 8.98 Å². The molecule has 8 aromatic carbocycles. The Morgan fingerprint density at radius 2 is 1.29 bits per heavy atom. The molecule has 0 radical (unpaired) electrons. The second-order valence-electron chi connectivity index (χ2n) is 15.1. The highest BCUT2D eigenvalue weighted by molar-refractivity contribution is 7.21. The summed E-state index contributed by atoms with van der Waals surface area (Å²) < 4.78 is 12.6. The molecule has 0 bridgehead atoms. The third kappa shape index (κ3) is 4.77. The van der Waals surface area contributed by atoms with Crippen LogP contribution in [0.3, 0.4) is 0 Å². The van der Waals surface area contributed by atoms with Crippen molar-refractivity contribution in [1.82, 2.24) is 14.1 Å². The van der Waals surface area contributed by atoms with Gasteiger partial charge in [-0.05, 0) is 101 Å². The third-order valence-corrected chi connectivity index (χ3v) is 12.8. The standard InChI is InChI=1S/C53H35N3OS/c1-3-14-43-32(2)49-38(36-27-28-40-39-19-9-11-22-44(39)55(46(40)30-36)37-17-5-4-6-18-37)21-13-23-45(49)56(43)53-54-51-48(58-53)31-42(35-26-25-33-15-7-8-16-34(33)29-35)52-50(51)41-20-10-12-24-47(41)57-52/h3-31H,1-2H3/b14-3-. The predicted octanol–water partition coefficient (Wildman–Crippen LogP) is 15.1. The van der Waals surface area contributed by atoms with Gasteiger partial charge in [-0.25, -0.2) is 4.98 Å². The molecule has 0 atom stereocenters. The average molecular weight is 762 g/mol. The Bertz CT molecular complexity index is 3650.